The molecular weight excluding hydrogens is 310 g/mol. The van der Waals surface area contributed by atoms with Gasteiger partial charge in [0.05, 0.1) is 0 Å². The SMILES string of the molecule is CC(=O)Nc1nnc(SSc2ccc(Cl)cc2)s1. The molecule has 18 heavy (non-hydrogen) atoms. The van der Waals surface area contributed by atoms with E-state index in [1.165, 1.54) is 29.1 Å². The third kappa shape index (κ3) is 4.16. The third-order valence-electron chi connectivity index (χ3n) is 1.71. The molecule has 2 rings (SSSR count). The van der Waals surface area contributed by atoms with Gasteiger partial charge in [-0.3, -0.25) is 4.79 Å². The van der Waals surface area contributed by atoms with E-state index in [9.17, 15) is 4.79 Å². The van der Waals surface area contributed by atoms with E-state index in [1.807, 2.05) is 24.3 Å². The smallest absolute Gasteiger partial charge is 0.223 e. The van der Waals surface area contributed by atoms with Gasteiger partial charge in [-0.25, -0.2) is 0 Å². The fraction of sp³-hybridized carbons (Fsp3) is 0.100. The Hall–Kier alpha value is -0.760. The van der Waals surface area contributed by atoms with Crippen LogP contribution >= 0.6 is 44.5 Å². The quantitative estimate of drug-likeness (QED) is 0.683. The first-order chi connectivity index (χ1) is 8.63. The molecule has 0 fully saturated rings. The first kappa shape index (κ1) is 13.7. The summed E-state index contributed by atoms with van der Waals surface area (Å²) in [7, 11) is 3.06. The van der Waals surface area contributed by atoms with Gasteiger partial charge in [0.25, 0.3) is 0 Å². The van der Waals surface area contributed by atoms with Crippen LogP contribution in [0.4, 0.5) is 5.13 Å². The molecule has 0 saturated heterocycles. The number of carbonyl (C=O) groups excluding carboxylic acids is 1. The van der Waals surface area contributed by atoms with Crippen molar-refractivity contribution in [1.29, 1.82) is 0 Å². The average molecular weight is 318 g/mol. The van der Waals surface area contributed by atoms with Gasteiger partial charge in [-0.1, -0.05) is 33.7 Å². The van der Waals surface area contributed by atoms with E-state index < -0.39 is 0 Å². The highest BCUT2D eigenvalue weighted by Crippen LogP contribution is 2.39. The predicted molar refractivity (Wildman–Crippen MR) is 77.4 cm³/mol. The summed E-state index contributed by atoms with van der Waals surface area (Å²) in [4.78, 5) is 11.9. The molecule has 0 aliphatic rings. The molecule has 4 nitrogen and oxygen atoms in total. The zero-order valence-corrected chi connectivity index (χ0v) is 12.4. The summed E-state index contributed by atoms with van der Waals surface area (Å²) < 4.78 is 0.790. The van der Waals surface area contributed by atoms with Crippen LogP contribution in [0.5, 0.6) is 0 Å². The van der Waals surface area contributed by atoms with Crippen LogP contribution in [0.3, 0.4) is 0 Å². The number of aromatic nitrogens is 2. The lowest BCUT2D eigenvalue weighted by atomic mass is 10.4. The molecule has 0 saturated carbocycles. The van der Waals surface area contributed by atoms with E-state index in [0.717, 1.165) is 9.24 Å². The highest BCUT2D eigenvalue weighted by molar-refractivity contribution is 8.77. The van der Waals surface area contributed by atoms with Crippen molar-refractivity contribution >= 4 is 55.6 Å². The van der Waals surface area contributed by atoms with Gasteiger partial charge >= 0.3 is 0 Å². The lowest BCUT2D eigenvalue weighted by Crippen LogP contribution is -2.04. The number of amides is 1. The second-order valence-electron chi connectivity index (χ2n) is 3.17. The second-order valence-corrected chi connectivity index (χ2v) is 7.04. The molecule has 1 N–H and O–H groups in total. The summed E-state index contributed by atoms with van der Waals surface area (Å²) in [5, 5.41) is 11.7. The van der Waals surface area contributed by atoms with Crippen LogP contribution in [-0.2, 0) is 4.79 Å². The maximum atomic E-state index is 10.8. The van der Waals surface area contributed by atoms with Crippen LogP contribution < -0.4 is 5.32 Å². The number of rotatable bonds is 4. The molecule has 0 aliphatic carbocycles. The van der Waals surface area contributed by atoms with Crippen molar-refractivity contribution in [2.24, 2.45) is 0 Å². The molecule has 1 heterocycles. The van der Waals surface area contributed by atoms with Gasteiger partial charge in [0.15, 0.2) is 4.34 Å². The summed E-state index contributed by atoms with van der Waals surface area (Å²) in [6.45, 7) is 1.44. The van der Waals surface area contributed by atoms with E-state index >= 15 is 0 Å². The third-order valence-corrected chi connectivity index (χ3v) is 5.49. The number of hydrogen-bond acceptors (Lipinski definition) is 6. The Morgan fingerprint density at radius 1 is 1.28 bits per heavy atom. The van der Waals surface area contributed by atoms with E-state index in [0.29, 0.717) is 10.2 Å². The average Bonchev–Trinajstić information content (AvgIpc) is 2.75. The Morgan fingerprint density at radius 3 is 2.67 bits per heavy atom. The molecule has 0 unspecified atom stereocenters. The largest absolute Gasteiger partial charge is 0.301 e. The Morgan fingerprint density at radius 2 is 2.00 bits per heavy atom. The van der Waals surface area contributed by atoms with Crippen LogP contribution in [0.25, 0.3) is 0 Å². The first-order valence-electron chi connectivity index (χ1n) is 4.84. The minimum Gasteiger partial charge on any atom is -0.301 e. The van der Waals surface area contributed by atoms with Gasteiger partial charge < -0.3 is 5.32 Å². The standard InChI is InChI=1S/C10H8ClN3OS3/c1-6(15)12-9-13-14-10(16-9)18-17-8-4-2-7(11)3-5-8/h2-5H,1H3,(H,12,13,15). The molecule has 0 bridgehead atoms. The fourth-order valence-corrected chi connectivity index (χ4v) is 4.08. The molecule has 1 aromatic heterocycles. The normalized spacial score (nSPS) is 10.3. The Balaban J connectivity index is 1.92. The van der Waals surface area contributed by atoms with Crippen LogP contribution in [0, 0.1) is 0 Å². The van der Waals surface area contributed by atoms with Crippen LogP contribution in [0.1, 0.15) is 6.92 Å². The number of nitrogens with one attached hydrogen (secondary N) is 1. The summed E-state index contributed by atoms with van der Waals surface area (Å²) in [6, 6.07) is 7.56. The number of hydrogen-bond donors (Lipinski definition) is 1. The van der Waals surface area contributed by atoms with Gasteiger partial charge in [-0.2, -0.15) is 0 Å². The molecule has 0 radical (unpaired) electrons. The van der Waals surface area contributed by atoms with E-state index in [4.69, 9.17) is 11.6 Å². The molecule has 1 amide bonds. The summed E-state index contributed by atoms with van der Waals surface area (Å²) in [6.07, 6.45) is 0. The molecule has 0 spiro atoms. The minimum absolute atomic E-state index is 0.145. The number of anilines is 1. The van der Waals surface area contributed by atoms with Gasteiger partial charge in [0.1, 0.15) is 0 Å². The highest BCUT2D eigenvalue weighted by atomic mass is 35.5. The molecule has 2 aromatic rings. The monoisotopic (exact) mass is 317 g/mol. The van der Waals surface area contributed by atoms with Crippen LogP contribution in [-0.4, -0.2) is 16.1 Å². The molecular formula is C10H8ClN3OS3. The molecule has 94 valence electrons. The Kier molecular flexibility index (Phi) is 4.87. The van der Waals surface area contributed by atoms with Crippen molar-refractivity contribution in [3.8, 4) is 0 Å². The zero-order chi connectivity index (χ0) is 13.0. The van der Waals surface area contributed by atoms with Crippen molar-refractivity contribution in [3.05, 3.63) is 29.3 Å². The number of carbonyl (C=O) groups is 1. The lowest BCUT2D eigenvalue weighted by molar-refractivity contribution is -0.114. The number of halogens is 1. The Bertz CT molecular complexity index is 544. The fourth-order valence-electron chi connectivity index (χ4n) is 1.02. The summed E-state index contributed by atoms with van der Waals surface area (Å²) in [5.74, 6) is -0.145. The van der Waals surface area contributed by atoms with Crippen LogP contribution in [0.2, 0.25) is 5.02 Å². The predicted octanol–water partition coefficient (Wildman–Crippen LogP) is 3.95. The van der Waals surface area contributed by atoms with E-state index in [2.05, 4.69) is 15.5 Å². The molecule has 0 aliphatic heterocycles. The molecule has 8 heteroatoms. The first-order valence-corrected chi connectivity index (χ1v) is 8.19. The van der Waals surface area contributed by atoms with Crippen molar-refractivity contribution in [1.82, 2.24) is 10.2 Å². The molecule has 1 aromatic carbocycles. The van der Waals surface area contributed by atoms with Gasteiger partial charge in [-0.05, 0) is 35.1 Å². The molecule has 0 atom stereocenters. The van der Waals surface area contributed by atoms with Crippen molar-refractivity contribution in [3.63, 3.8) is 0 Å². The van der Waals surface area contributed by atoms with Gasteiger partial charge in [0, 0.05) is 16.8 Å². The van der Waals surface area contributed by atoms with Crippen molar-refractivity contribution in [2.75, 3.05) is 5.32 Å². The van der Waals surface area contributed by atoms with Gasteiger partial charge in [0.2, 0.25) is 11.0 Å². The summed E-state index contributed by atoms with van der Waals surface area (Å²) >= 11 is 7.15. The maximum absolute atomic E-state index is 10.8. The second kappa shape index (κ2) is 6.42. The van der Waals surface area contributed by atoms with Crippen molar-refractivity contribution < 1.29 is 4.79 Å². The van der Waals surface area contributed by atoms with Gasteiger partial charge in [-0.15, -0.1) is 10.2 Å². The number of benzene rings is 1. The zero-order valence-electron chi connectivity index (χ0n) is 9.21. The number of nitrogens with zero attached hydrogens (tertiary/aromatic N) is 2. The Labute approximate surface area is 121 Å². The van der Waals surface area contributed by atoms with E-state index in [1.54, 1.807) is 10.8 Å². The van der Waals surface area contributed by atoms with Crippen LogP contribution in [0.15, 0.2) is 33.5 Å². The highest BCUT2D eigenvalue weighted by Gasteiger charge is 2.06. The lowest BCUT2D eigenvalue weighted by Gasteiger charge is -1.97. The maximum Gasteiger partial charge on any atom is 0.223 e. The summed E-state index contributed by atoms with van der Waals surface area (Å²) in [5.41, 5.74) is 0. The minimum atomic E-state index is -0.145. The van der Waals surface area contributed by atoms with Crippen molar-refractivity contribution in [2.45, 2.75) is 16.2 Å². The topological polar surface area (TPSA) is 54.9 Å². The van der Waals surface area contributed by atoms with E-state index in [-0.39, 0.29) is 5.91 Å².